The second kappa shape index (κ2) is 25.2. The van der Waals surface area contributed by atoms with E-state index in [1.165, 1.54) is 16.3 Å². The molecule has 4 aromatic rings. The molecule has 0 radical (unpaired) electrons. The first-order valence-corrected chi connectivity index (χ1v) is 23.9. The predicted molar refractivity (Wildman–Crippen MR) is 297 cm³/mol. The summed E-state index contributed by atoms with van der Waals surface area (Å²) >= 11 is 1.47. The van der Waals surface area contributed by atoms with Crippen molar-refractivity contribution in [3.05, 3.63) is 52.1 Å². The molecule has 4 saturated heterocycles. The molecule has 0 unspecified atom stereocenters. The van der Waals surface area contributed by atoms with Crippen molar-refractivity contribution in [2.45, 2.75) is 97.1 Å². The van der Waals surface area contributed by atoms with Crippen LogP contribution in [0.4, 0.5) is 10.5 Å². The lowest BCUT2D eigenvalue weighted by Crippen LogP contribution is -2.62. The molecule has 8 heterocycles. The number of aromatic nitrogens is 3. The molecule has 384 valence electrons. The number of esters is 1. The summed E-state index contributed by atoms with van der Waals surface area (Å²) in [5.41, 5.74) is 10.7. The molecular formula is C47H73N9O7S6. The maximum Gasteiger partial charge on any atom is 0.324 e. The zero-order valence-electron chi connectivity index (χ0n) is 40.6. The van der Waals surface area contributed by atoms with Gasteiger partial charge in [0.15, 0.2) is 0 Å². The second-order valence-electron chi connectivity index (χ2n) is 18.7. The van der Waals surface area contributed by atoms with Crippen LogP contribution in [-0.2, 0) is 47.9 Å². The molecule has 3 aromatic heterocycles. The summed E-state index contributed by atoms with van der Waals surface area (Å²) in [4.78, 5) is 59.0. The number of nitrogens with zero attached hydrogens (tertiary/aromatic N) is 7. The lowest BCUT2D eigenvalue weighted by molar-refractivity contribution is -0.155. The standard InChI is InChI=1S/C47H63N9O7S.5H2S/c1-7-54-40-11-10-31-19-34(40)36(43(54)35-20-32(23-48-42(35)30(3)60-6)53-14-13-52-15-17-62-26-33(52)24-53)22-47(4,5)28-63-45(58)37-9-8-12-56(51-37)44(57)38(21-41-49-39(31)27-64-41)50-46(59)55-16-18-61-25-29(55)2;;;;;/h10-11,19-20,23,27,29-30,33,37-38,51H,7-9,12-18,21-22,24-26,28H2,1-6H3,(H,50,59);5*1H2/t29-,30-,33-,37-,38-;;;;;/m0...../s1. The van der Waals surface area contributed by atoms with Crippen molar-refractivity contribution >= 4 is 113 Å². The minimum atomic E-state index is -0.926. The third-order valence-electron chi connectivity index (χ3n) is 13.6. The molecule has 0 saturated carbocycles. The number of urea groups is 1. The summed E-state index contributed by atoms with van der Waals surface area (Å²) in [6.45, 7) is 18.2. The molecule has 0 aliphatic carbocycles. The fourth-order valence-corrected chi connectivity index (χ4v) is 10.9. The van der Waals surface area contributed by atoms with Crippen molar-refractivity contribution in [2.75, 3.05) is 84.3 Å². The number of thiazole rings is 1. The summed E-state index contributed by atoms with van der Waals surface area (Å²) in [7, 11) is 1.73. The average Bonchev–Trinajstić information content (AvgIpc) is 3.91. The Morgan fingerprint density at radius 2 is 1.80 bits per heavy atom. The van der Waals surface area contributed by atoms with Crippen molar-refractivity contribution in [3.63, 3.8) is 0 Å². The smallest absolute Gasteiger partial charge is 0.324 e. The van der Waals surface area contributed by atoms with Crippen LogP contribution in [0.2, 0.25) is 0 Å². The Morgan fingerprint density at radius 3 is 2.55 bits per heavy atom. The molecule has 5 aliphatic heterocycles. The monoisotopic (exact) mass is 1070 g/mol. The van der Waals surface area contributed by atoms with Crippen LogP contribution in [0.5, 0.6) is 0 Å². The first-order valence-electron chi connectivity index (χ1n) is 23.0. The van der Waals surface area contributed by atoms with Gasteiger partial charge in [-0.05, 0) is 63.8 Å². The maximum absolute atomic E-state index is 14.4. The summed E-state index contributed by atoms with van der Waals surface area (Å²) in [6, 6.07) is 7.05. The molecular weight excluding hydrogens is 995 g/mol. The zero-order chi connectivity index (χ0) is 44.7. The van der Waals surface area contributed by atoms with Gasteiger partial charge in [0.1, 0.15) is 12.1 Å². The summed E-state index contributed by atoms with van der Waals surface area (Å²) in [6.07, 6.45) is 3.62. The number of piperazine rings is 1. The highest BCUT2D eigenvalue weighted by Crippen LogP contribution is 2.43. The fraction of sp³-hybridized carbons (Fsp3) is 0.596. The Bertz CT molecular complexity index is 2390. The van der Waals surface area contributed by atoms with Crippen molar-refractivity contribution in [2.24, 2.45) is 5.41 Å². The molecule has 22 heteroatoms. The van der Waals surface area contributed by atoms with Gasteiger partial charge in [-0.25, -0.2) is 15.2 Å². The number of benzene rings is 1. The Hall–Kier alpha value is -2.90. The van der Waals surface area contributed by atoms with Crippen LogP contribution in [0, 0.1) is 5.41 Å². The molecule has 3 amide bonds. The van der Waals surface area contributed by atoms with Crippen molar-refractivity contribution < 1.29 is 33.3 Å². The highest BCUT2D eigenvalue weighted by Gasteiger charge is 2.37. The summed E-state index contributed by atoms with van der Waals surface area (Å²) in [5, 5.41) is 8.36. The van der Waals surface area contributed by atoms with Gasteiger partial charge in [-0.1, -0.05) is 19.9 Å². The number of anilines is 1. The molecule has 5 atom stereocenters. The SMILES string of the molecule is CCn1c(-c2cc(N3CCN4CCOC[C@@H]4C3)cnc2[C@H](C)OC)c2c3cc(ccc31)-c1csc(n1)C[C@H](NC(=O)N1CCOC[C@@H]1C)C(=O)N1CCC[C@H](N1)C(=O)OCC(C)(C)C2.S.S.S.S.S. The maximum atomic E-state index is 14.4. The number of rotatable bonds is 6. The lowest BCUT2D eigenvalue weighted by atomic mass is 9.84. The number of fused-ring (bicyclic) bond motifs is 7. The lowest BCUT2D eigenvalue weighted by Gasteiger charge is -2.44. The molecule has 69 heavy (non-hydrogen) atoms. The minimum absolute atomic E-state index is 0. The molecule has 4 fully saturated rings. The molecule has 1 aromatic carbocycles. The fourth-order valence-electron chi connectivity index (χ4n) is 10.0. The number of hydrazine groups is 1. The van der Waals surface area contributed by atoms with E-state index < -0.39 is 23.5 Å². The third-order valence-corrected chi connectivity index (χ3v) is 14.5. The number of ether oxygens (including phenoxy) is 4. The van der Waals surface area contributed by atoms with Gasteiger partial charge in [-0.3, -0.25) is 24.5 Å². The number of aryl methyl sites for hydroxylation is 1. The van der Waals surface area contributed by atoms with Gasteiger partial charge in [0.05, 0.1) is 85.2 Å². The quantitative estimate of drug-likeness (QED) is 0.231. The number of methoxy groups -OCH3 is 1. The third kappa shape index (κ3) is 12.5. The van der Waals surface area contributed by atoms with Crippen LogP contribution in [0.3, 0.4) is 0 Å². The number of carbonyl (C=O) groups is 3. The van der Waals surface area contributed by atoms with E-state index in [2.05, 4.69) is 70.1 Å². The second-order valence-corrected chi connectivity index (χ2v) is 19.7. The number of pyridine rings is 1. The van der Waals surface area contributed by atoms with E-state index in [1.807, 2.05) is 25.4 Å². The van der Waals surface area contributed by atoms with Crippen LogP contribution in [0.1, 0.15) is 69.8 Å². The van der Waals surface area contributed by atoms with Crippen LogP contribution < -0.4 is 15.6 Å². The van der Waals surface area contributed by atoms with E-state index in [0.29, 0.717) is 63.2 Å². The molecule has 5 aliphatic rings. The normalized spacial score (nSPS) is 23.3. The Balaban J connectivity index is 0.00000207. The van der Waals surface area contributed by atoms with Gasteiger partial charge < -0.3 is 38.6 Å². The van der Waals surface area contributed by atoms with Crippen LogP contribution in [0.25, 0.3) is 33.4 Å². The average molecular weight is 1070 g/mol. The van der Waals surface area contributed by atoms with Crippen LogP contribution in [0.15, 0.2) is 35.8 Å². The number of carbonyl (C=O) groups excluding carboxylic acids is 3. The van der Waals surface area contributed by atoms with Gasteiger partial charge in [-0.2, -0.15) is 67.5 Å². The summed E-state index contributed by atoms with van der Waals surface area (Å²) in [5.74, 6) is -0.732. The molecule has 9 rings (SSSR count). The topological polar surface area (TPSA) is 156 Å². The van der Waals surface area contributed by atoms with E-state index in [9.17, 15) is 14.4 Å². The number of nitrogens with one attached hydrogen (secondary N) is 2. The Kier molecular flexibility index (Phi) is 21.4. The number of amides is 3. The Labute approximate surface area is 445 Å². The zero-order valence-corrected chi connectivity index (χ0v) is 46.4. The van der Waals surface area contributed by atoms with E-state index in [4.69, 9.17) is 28.9 Å². The molecule has 2 N–H and O–H groups in total. The predicted octanol–water partition coefficient (Wildman–Crippen LogP) is 5.60. The highest BCUT2D eigenvalue weighted by molar-refractivity contribution is 7.60. The van der Waals surface area contributed by atoms with E-state index in [0.717, 1.165) is 89.8 Å². The number of hydrogen-bond acceptors (Lipinski definition) is 13. The molecule has 16 nitrogen and oxygen atoms in total. The van der Waals surface area contributed by atoms with Crippen LogP contribution >= 0.6 is 78.8 Å². The van der Waals surface area contributed by atoms with Gasteiger partial charge >= 0.3 is 12.0 Å². The van der Waals surface area contributed by atoms with Crippen molar-refractivity contribution in [1.29, 1.82) is 0 Å². The first-order chi connectivity index (χ1) is 30.9. The van der Waals surface area contributed by atoms with E-state index >= 15 is 0 Å². The highest BCUT2D eigenvalue weighted by atomic mass is 32.1. The van der Waals surface area contributed by atoms with E-state index in [1.54, 1.807) is 12.0 Å². The van der Waals surface area contributed by atoms with Crippen molar-refractivity contribution in [1.82, 2.24) is 40.1 Å². The van der Waals surface area contributed by atoms with E-state index in [-0.39, 0.29) is 105 Å². The number of hydrogen-bond donors (Lipinski definition) is 2. The molecule has 6 bridgehead atoms. The Morgan fingerprint density at radius 1 is 1.03 bits per heavy atom. The van der Waals surface area contributed by atoms with Crippen molar-refractivity contribution in [3.8, 4) is 22.5 Å². The molecule has 0 spiro atoms. The van der Waals surface area contributed by atoms with Gasteiger partial charge in [0.25, 0.3) is 5.91 Å². The summed E-state index contributed by atoms with van der Waals surface area (Å²) < 4.78 is 26.1. The number of cyclic esters (lactones) is 1. The van der Waals surface area contributed by atoms with Gasteiger partial charge in [-0.15, -0.1) is 11.3 Å². The van der Waals surface area contributed by atoms with Gasteiger partial charge in [0, 0.05) is 92.2 Å². The van der Waals surface area contributed by atoms with Gasteiger partial charge in [0.2, 0.25) is 0 Å². The minimum Gasteiger partial charge on any atom is -0.464 e. The number of morpholine rings is 2. The largest absolute Gasteiger partial charge is 0.464 e. The first kappa shape index (κ1) is 58.7. The van der Waals surface area contributed by atoms with Crippen LogP contribution in [-0.4, -0.2) is 151 Å².